The number of anilines is 1. The Hall–Kier alpha value is -2.49. The molecule has 3 aromatic rings. The van der Waals surface area contributed by atoms with Gasteiger partial charge in [0.05, 0.1) is 15.6 Å². The average molecular weight is 686 g/mol. The zero-order chi connectivity index (χ0) is 31.1. The van der Waals surface area contributed by atoms with Crippen molar-refractivity contribution in [2.45, 2.75) is 69.0 Å². The molecule has 0 bridgehead atoms. The van der Waals surface area contributed by atoms with E-state index in [-0.39, 0.29) is 40.5 Å². The van der Waals surface area contributed by atoms with Crippen molar-refractivity contribution >= 4 is 73.9 Å². The monoisotopic (exact) mass is 683 g/mol. The highest BCUT2D eigenvalue weighted by atomic mass is 35.5. The summed E-state index contributed by atoms with van der Waals surface area (Å²) >= 11 is 25.6. The summed E-state index contributed by atoms with van der Waals surface area (Å²) in [6.07, 6.45) is 5.18. The van der Waals surface area contributed by atoms with E-state index < -0.39 is 28.5 Å². The highest BCUT2D eigenvalue weighted by molar-refractivity contribution is 7.92. The van der Waals surface area contributed by atoms with E-state index >= 15 is 0 Å². The van der Waals surface area contributed by atoms with Crippen molar-refractivity contribution in [3.8, 4) is 0 Å². The van der Waals surface area contributed by atoms with Crippen LogP contribution in [-0.2, 0) is 26.2 Å². The Labute approximate surface area is 273 Å². The number of benzene rings is 3. The number of nitrogens with one attached hydrogen (secondary N) is 1. The number of sulfonamides is 1. The quantitative estimate of drug-likeness (QED) is 0.224. The van der Waals surface area contributed by atoms with Crippen LogP contribution >= 0.6 is 46.4 Å². The molecule has 1 aliphatic rings. The van der Waals surface area contributed by atoms with Gasteiger partial charge in [0, 0.05) is 33.2 Å². The first kappa shape index (κ1) is 33.4. The second kappa shape index (κ2) is 15.0. The van der Waals surface area contributed by atoms with Crippen molar-refractivity contribution in [1.82, 2.24) is 10.2 Å². The molecule has 0 aromatic heterocycles. The standard InChI is InChI=1S/C31H33Cl4N3O4S/c1-2-28(31(40)36-22-10-5-3-6-11-22)37(19-24-25(33)14-9-15-26(24)34)30(39)20-38(29-17-16-21(32)18-27(29)35)43(41,42)23-12-7-4-8-13-23/h4,7-9,12-18,22,28H,2-3,5-6,10-11,19-20H2,1H3,(H,36,40)/t28-/m0/s1. The highest BCUT2D eigenvalue weighted by Gasteiger charge is 2.35. The van der Waals surface area contributed by atoms with E-state index in [1.54, 1.807) is 43.3 Å². The third-order valence-corrected chi connectivity index (χ3v) is 10.5. The topological polar surface area (TPSA) is 86.8 Å². The maximum atomic E-state index is 14.3. The van der Waals surface area contributed by atoms with Crippen LogP contribution < -0.4 is 9.62 Å². The molecule has 0 unspecified atom stereocenters. The molecule has 0 saturated heterocycles. The Morgan fingerprint density at radius 1 is 0.884 bits per heavy atom. The Balaban J connectivity index is 1.75. The smallest absolute Gasteiger partial charge is 0.264 e. The van der Waals surface area contributed by atoms with Gasteiger partial charge in [-0.1, -0.05) is 96.9 Å². The van der Waals surface area contributed by atoms with Crippen LogP contribution in [0.2, 0.25) is 20.1 Å². The SMILES string of the molecule is CC[C@@H](C(=O)NC1CCCCC1)N(Cc1c(Cl)cccc1Cl)C(=O)CN(c1ccc(Cl)cc1Cl)S(=O)(=O)c1ccccc1. The summed E-state index contributed by atoms with van der Waals surface area (Å²) in [7, 11) is -4.28. The van der Waals surface area contributed by atoms with Crippen LogP contribution in [0.1, 0.15) is 51.0 Å². The van der Waals surface area contributed by atoms with Crippen LogP contribution in [0.15, 0.2) is 71.6 Å². The number of carbonyl (C=O) groups is 2. The third kappa shape index (κ3) is 8.17. The maximum absolute atomic E-state index is 14.3. The lowest BCUT2D eigenvalue weighted by Crippen LogP contribution is -2.54. The molecule has 1 saturated carbocycles. The number of nitrogens with zero attached hydrogens (tertiary/aromatic N) is 2. The Morgan fingerprint density at radius 3 is 2.14 bits per heavy atom. The minimum atomic E-state index is -4.28. The van der Waals surface area contributed by atoms with E-state index in [2.05, 4.69) is 5.32 Å². The molecule has 4 rings (SSSR count). The predicted molar refractivity (Wildman–Crippen MR) is 174 cm³/mol. The molecule has 3 aromatic carbocycles. The molecule has 12 heteroatoms. The van der Waals surface area contributed by atoms with Crippen molar-refractivity contribution in [2.24, 2.45) is 0 Å². The van der Waals surface area contributed by atoms with Crippen molar-refractivity contribution in [2.75, 3.05) is 10.8 Å². The van der Waals surface area contributed by atoms with E-state index in [0.29, 0.717) is 20.6 Å². The molecule has 2 amide bonds. The van der Waals surface area contributed by atoms with Gasteiger partial charge in [-0.2, -0.15) is 0 Å². The fraction of sp³-hybridized carbons (Fsp3) is 0.355. The maximum Gasteiger partial charge on any atom is 0.264 e. The van der Waals surface area contributed by atoms with Gasteiger partial charge in [0.15, 0.2) is 0 Å². The molecule has 0 radical (unpaired) electrons. The molecule has 7 nitrogen and oxygen atoms in total. The van der Waals surface area contributed by atoms with Gasteiger partial charge in [-0.3, -0.25) is 13.9 Å². The largest absolute Gasteiger partial charge is 0.352 e. The first-order chi connectivity index (χ1) is 20.5. The van der Waals surface area contributed by atoms with E-state index in [0.717, 1.165) is 36.4 Å². The summed E-state index contributed by atoms with van der Waals surface area (Å²) < 4.78 is 28.9. The van der Waals surface area contributed by atoms with Crippen LogP contribution in [-0.4, -0.2) is 43.8 Å². The lowest BCUT2D eigenvalue weighted by atomic mass is 9.95. The molecule has 1 atom stereocenters. The van der Waals surface area contributed by atoms with Crippen molar-refractivity contribution in [3.63, 3.8) is 0 Å². The average Bonchev–Trinajstić information content (AvgIpc) is 2.98. The summed E-state index contributed by atoms with van der Waals surface area (Å²) in [4.78, 5) is 29.3. The van der Waals surface area contributed by atoms with Gasteiger partial charge in [-0.25, -0.2) is 8.42 Å². The molecular formula is C31H33Cl4N3O4S. The number of amides is 2. The summed E-state index contributed by atoms with van der Waals surface area (Å²) in [5, 5.41) is 4.10. The molecule has 0 heterocycles. The van der Waals surface area contributed by atoms with Crippen LogP contribution in [0.3, 0.4) is 0 Å². The minimum absolute atomic E-state index is 0.0129. The van der Waals surface area contributed by atoms with E-state index in [4.69, 9.17) is 46.4 Å². The molecule has 1 fully saturated rings. The Bertz CT molecular complexity index is 1530. The zero-order valence-electron chi connectivity index (χ0n) is 23.6. The second-order valence-electron chi connectivity index (χ2n) is 10.4. The number of halogens is 4. The molecule has 1 N–H and O–H groups in total. The second-order valence-corrected chi connectivity index (χ2v) is 13.9. The van der Waals surface area contributed by atoms with Crippen molar-refractivity contribution < 1.29 is 18.0 Å². The van der Waals surface area contributed by atoms with E-state index in [1.807, 2.05) is 0 Å². The van der Waals surface area contributed by atoms with Gasteiger partial charge in [-0.15, -0.1) is 0 Å². The molecule has 0 spiro atoms. The third-order valence-electron chi connectivity index (χ3n) is 7.52. The van der Waals surface area contributed by atoms with Crippen LogP contribution in [0.25, 0.3) is 0 Å². The first-order valence-electron chi connectivity index (χ1n) is 14.1. The van der Waals surface area contributed by atoms with Gasteiger partial charge in [0.25, 0.3) is 10.0 Å². The molecule has 0 aliphatic heterocycles. The minimum Gasteiger partial charge on any atom is -0.352 e. The highest BCUT2D eigenvalue weighted by Crippen LogP contribution is 2.34. The van der Waals surface area contributed by atoms with Crippen LogP contribution in [0, 0.1) is 0 Å². The predicted octanol–water partition coefficient (Wildman–Crippen LogP) is 7.75. The molecule has 43 heavy (non-hydrogen) atoms. The van der Waals surface area contributed by atoms with Gasteiger partial charge in [0.1, 0.15) is 12.6 Å². The summed E-state index contributed by atoms with van der Waals surface area (Å²) in [5.74, 6) is -0.944. The fourth-order valence-corrected chi connectivity index (χ4v) is 7.77. The number of rotatable bonds is 11. The summed E-state index contributed by atoms with van der Waals surface area (Å²) in [6.45, 7) is 1.05. The normalized spacial score (nSPS) is 14.6. The van der Waals surface area contributed by atoms with Gasteiger partial charge >= 0.3 is 0 Å². The Morgan fingerprint density at radius 2 is 1.53 bits per heavy atom. The van der Waals surface area contributed by atoms with Gasteiger partial charge in [0.2, 0.25) is 11.8 Å². The molecular weight excluding hydrogens is 652 g/mol. The fourth-order valence-electron chi connectivity index (χ4n) is 5.23. The molecule has 230 valence electrons. The number of hydrogen-bond donors (Lipinski definition) is 1. The van der Waals surface area contributed by atoms with Gasteiger partial charge < -0.3 is 10.2 Å². The van der Waals surface area contributed by atoms with Gasteiger partial charge in [-0.05, 0) is 61.7 Å². The van der Waals surface area contributed by atoms with Crippen LogP contribution in [0.4, 0.5) is 5.69 Å². The zero-order valence-corrected chi connectivity index (χ0v) is 27.5. The van der Waals surface area contributed by atoms with Crippen molar-refractivity contribution in [1.29, 1.82) is 0 Å². The summed E-state index contributed by atoms with van der Waals surface area (Å²) in [6, 6.07) is 16.2. The van der Waals surface area contributed by atoms with Crippen molar-refractivity contribution in [3.05, 3.63) is 92.4 Å². The first-order valence-corrected chi connectivity index (χ1v) is 17.0. The lowest BCUT2D eigenvalue weighted by molar-refractivity contribution is -0.140. The summed E-state index contributed by atoms with van der Waals surface area (Å²) in [5.41, 5.74) is 0.517. The lowest BCUT2D eigenvalue weighted by Gasteiger charge is -2.35. The molecule has 1 aliphatic carbocycles. The number of carbonyl (C=O) groups excluding carboxylic acids is 2. The van der Waals surface area contributed by atoms with E-state index in [9.17, 15) is 18.0 Å². The van der Waals surface area contributed by atoms with Crippen LogP contribution in [0.5, 0.6) is 0 Å². The van der Waals surface area contributed by atoms with E-state index in [1.165, 1.54) is 35.2 Å². The number of hydrogen-bond acceptors (Lipinski definition) is 4. The Kier molecular flexibility index (Phi) is 11.6.